The van der Waals surface area contributed by atoms with Crippen LogP contribution in [0.2, 0.25) is 0 Å². The summed E-state index contributed by atoms with van der Waals surface area (Å²) < 4.78 is 1.95. The minimum absolute atomic E-state index is 0. The number of fused-ring (bicyclic) bond motifs is 1. The Kier molecular flexibility index (Phi) is 6.50. The predicted molar refractivity (Wildman–Crippen MR) is 114 cm³/mol. The van der Waals surface area contributed by atoms with Crippen LogP contribution in [0.1, 0.15) is 31.2 Å². The molecular weight excluding hydrogens is 439 g/mol. The molecule has 26 heavy (non-hydrogen) atoms. The third-order valence-electron chi connectivity index (χ3n) is 5.54. The first-order chi connectivity index (χ1) is 12.3. The summed E-state index contributed by atoms with van der Waals surface area (Å²) in [6, 6.07) is 4.08. The molecule has 2 aromatic rings. The molecule has 2 aliphatic rings. The first-order valence-corrected chi connectivity index (χ1v) is 9.23. The predicted octanol–water partition coefficient (Wildman–Crippen LogP) is 3.08. The van der Waals surface area contributed by atoms with Gasteiger partial charge < -0.3 is 10.2 Å². The Morgan fingerprint density at radius 3 is 2.65 bits per heavy atom. The van der Waals surface area contributed by atoms with Crippen LogP contribution in [-0.2, 0) is 6.54 Å². The number of likely N-dealkylation sites (tertiary alicyclic amines) is 1. The number of guanidine groups is 1. The van der Waals surface area contributed by atoms with Crippen molar-refractivity contribution >= 4 is 29.9 Å². The van der Waals surface area contributed by atoms with Gasteiger partial charge in [0.25, 0.3) is 0 Å². The summed E-state index contributed by atoms with van der Waals surface area (Å²) in [5.41, 5.74) is 1.14. The van der Waals surface area contributed by atoms with E-state index in [0.717, 1.165) is 42.3 Å². The maximum atomic E-state index is 4.53. The number of halogens is 1. The summed E-state index contributed by atoms with van der Waals surface area (Å²) in [6.45, 7) is 3.00. The minimum atomic E-state index is 0. The van der Waals surface area contributed by atoms with Gasteiger partial charge in [-0.3, -0.25) is 9.56 Å². The summed E-state index contributed by atoms with van der Waals surface area (Å²) in [5.74, 6) is 3.63. The Balaban J connectivity index is 0.00000196. The van der Waals surface area contributed by atoms with Crippen molar-refractivity contribution in [1.82, 2.24) is 24.8 Å². The maximum absolute atomic E-state index is 4.53. The Morgan fingerprint density at radius 2 is 2.00 bits per heavy atom. The van der Waals surface area contributed by atoms with Gasteiger partial charge in [0.05, 0.1) is 0 Å². The number of pyridine rings is 1. The topological polar surface area (TPSA) is 58.3 Å². The van der Waals surface area contributed by atoms with Gasteiger partial charge in [0.15, 0.2) is 5.96 Å². The van der Waals surface area contributed by atoms with Crippen LogP contribution in [0.15, 0.2) is 42.0 Å². The molecule has 140 valence electrons. The van der Waals surface area contributed by atoms with Crippen molar-refractivity contribution in [2.24, 2.45) is 16.8 Å². The number of aromatic nitrogens is 3. The zero-order chi connectivity index (χ0) is 17.1. The van der Waals surface area contributed by atoms with Crippen LogP contribution in [0.3, 0.4) is 0 Å². The van der Waals surface area contributed by atoms with Crippen molar-refractivity contribution in [2.45, 2.75) is 32.2 Å². The van der Waals surface area contributed by atoms with Crippen LogP contribution in [0.25, 0.3) is 5.82 Å². The highest BCUT2D eigenvalue weighted by molar-refractivity contribution is 14.0. The van der Waals surface area contributed by atoms with Gasteiger partial charge in [-0.1, -0.05) is 18.9 Å². The minimum Gasteiger partial charge on any atom is -0.352 e. The molecule has 3 heterocycles. The van der Waals surface area contributed by atoms with Crippen molar-refractivity contribution in [3.05, 3.63) is 42.6 Å². The van der Waals surface area contributed by atoms with Gasteiger partial charge in [-0.05, 0) is 30.7 Å². The molecule has 0 radical (unpaired) electrons. The molecule has 1 saturated heterocycles. The van der Waals surface area contributed by atoms with Crippen molar-refractivity contribution in [1.29, 1.82) is 0 Å². The van der Waals surface area contributed by atoms with Gasteiger partial charge in [0.2, 0.25) is 0 Å². The van der Waals surface area contributed by atoms with Crippen LogP contribution in [0.5, 0.6) is 0 Å². The quantitative estimate of drug-likeness (QED) is 0.429. The number of imidazole rings is 1. The third kappa shape index (κ3) is 4.02. The Hall–Kier alpha value is -1.64. The number of aliphatic imine (C=N–C) groups is 1. The number of hydrogen-bond donors (Lipinski definition) is 1. The van der Waals surface area contributed by atoms with E-state index >= 15 is 0 Å². The molecule has 2 fully saturated rings. The fraction of sp³-hybridized carbons (Fsp3) is 0.526. The smallest absolute Gasteiger partial charge is 0.193 e. The molecule has 0 spiro atoms. The van der Waals surface area contributed by atoms with E-state index in [-0.39, 0.29) is 24.0 Å². The van der Waals surface area contributed by atoms with Crippen LogP contribution in [0, 0.1) is 11.8 Å². The average molecular weight is 466 g/mol. The SMILES string of the molecule is CN=C(NCc1cccnc1-n1ccnc1)N1CC2CCCCC2C1.I. The van der Waals surface area contributed by atoms with Gasteiger partial charge in [-0.2, -0.15) is 0 Å². The Labute approximate surface area is 172 Å². The van der Waals surface area contributed by atoms with Gasteiger partial charge >= 0.3 is 0 Å². The second kappa shape index (κ2) is 8.83. The van der Waals surface area contributed by atoms with E-state index < -0.39 is 0 Å². The zero-order valence-corrected chi connectivity index (χ0v) is 17.5. The molecule has 6 nitrogen and oxygen atoms in total. The molecule has 0 bridgehead atoms. The highest BCUT2D eigenvalue weighted by atomic mass is 127. The number of nitrogens with one attached hydrogen (secondary N) is 1. The van der Waals surface area contributed by atoms with Crippen molar-refractivity contribution in [2.75, 3.05) is 20.1 Å². The van der Waals surface area contributed by atoms with Crippen LogP contribution in [-0.4, -0.2) is 45.5 Å². The summed E-state index contributed by atoms with van der Waals surface area (Å²) in [4.78, 5) is 15.6. The fourth-order valence-corrected chi connectivity index (χ4v) is 4.27. The molecular formula is C19H27IN6. The van der Waals surface area contributed by atoms with Gasteiger partial charge in [-0.25, -0.2) is 9.97 Å². The standard InChI is InChI=1S/C19H26N6.HI/c1-20-19(25-12-16-5-2-3-6-17(16)13-25)23-11-15-7-4-8-22-18(15)24-10-9-21-14-24;/h4,7-10,14,16-17H,2-3,5-6,11-13H2,1H3,(H,20,23);1H. The summed E-state index contributed by atoms with van der Waals surface area (Å²) in [5, 5.41) is 3.54. The lowest BCUT2D eigenvalue weighted by Gasteiger charge is -2.22. The third-order valence-corrected chi connectivity index (χ3v) is 5.54. The largest absolute Gasteiger partial charge is 0.352 e. The molecule has 4 rings (SSSR count). The molecule has 0 aromatic carbocycles. The molecule has 7 heteroatoms. The fourth-order valence-electron chi connectivity index (χ4n) is 4.27. The monoisotopic (exact) mass is 466 g/mol. The number of hydrogen-bond acceptors (Lipinski definition) is 3. The van der Waals surface area contributed by atoms with E-state index in [2.05, 4.69) is 31.2 Å². The number of rotatable bonds is 3. The lowest BCUT2D eigenvalue weighted by atomic mass is 9.82. The molecule has 2 unspecified atom stereocenters. The van der Waals surface area contributed by atoms with Crippen LogP contribution in [0.4, 0.5) is 0 Å². The summed E-state index contributed by atoms with van der Waals surface area (Å²) in [6.07, 6.45) is 12.8. The molecule has 2 atom stereocenters. The first kappa shape index (κ1) is 19.1. The lowest BCUT2D eigenvalue weighted by Crippen LogP contribution is -2.40. The molecule has 1 N–H and O–H groups in total. The van der Waals surface area contributed by atoms with E-state index in [1.165, 1.54) is 25.7 Å². The second-order valence-electron chi connectivity index (χ2n) is 7.07. The van der Waals surface area contributed by atoms with Crippen molar-refractivity contribution in [3.63, 3.8) is 0 Å². The average Bonchev–Trinajstić information content (AvgIpc) is 3.32. The molecule has 2 aromatic heterocycles. The number of nitrogens with zero attached hydrogens (tertiary/aromatic N) is 5. The molecule has 1 aliphatic carbocycles. The van der Waals surface area contributed by atoms with E-state index in [1.807, 2.05) is 30.1 Å². The van der Waals surface area contributed by atoms with Crippen molar-refractivity contribution in [3.8, 4) is 5.82 Å². The zero-order valence-electron chi connectivity index (χ0n) is 15.2. The van der Waals surface area contributed by atoms with E-state index in [0.29, 0.717) is 6.54 Å². The maximum Gasteiger partial charge on any atom is 0.193 e. The second-order valence-corrected chi connectivity index (χ2v) is 7.07. The summed E-state index contributed by atoms with van der Waals surface area (Å²) in [7, 11) is 1.88. The van der Waals surface area contributed by atoms with E-state index in [1.54, 1.807) is 12.5 Å². The van der Waals surface area contributed by atoms with E-state index in [9.17, 15) is 0 Å². The lowest BCUT2D eigenvalue weighted by molar-refractivity contribution is 0.299. The van der Waals surface area contributed by atoms with Crippen LogP contribution >= 0.6 is 24.0 Å². The molecule has 1 saturated carbocycles. The van der Waals surface area contributed by atoms with Crippen LogP contribution < -0.4 is 5.32 Å². The van der Waals surface area contributed by atoms with Gasteiger partial charge in [-0.15, -0.1) is 24.0 Å². The van der Waals surface area contributed by atoms with Gasteiger partial charge in [0.1, 0.15) is 12.1 Å². The van der Waals surface area contributed by atoms with E-state index in [4.69, 9.17) is 0 Å². The normalized spacial score (nSPS) is 22.7. The van der Waals surface area contributed by atoms with Gasteiger partial charge in [0, 0.05) is 50.8 Å². The molecule has 1 aliphatic heterocycles. The Morgan fingerprint density at radius 1 is 1.23 bits per heavy atom. The van der Waals surface area contributed by atoms with Crippen molar-refractivity contribution < 1.29 is 0 Å². The summed E-state index contributed by atoms with van der Waals surface area (Å²) >= 11 is 0. The highest BCUT2D eigenvalue weighted by Crippen LogP contribution is 2.35. The Bertz CT molecular complexity index is 715. The highest BCUT2D eigenvalue weighted by Gasteiger charge is 2.35. The first-order valence-electron chi connectivity index (χ1n) is 9.23. The molecule has 0 amide bonds.